The first kappa shape index (κ1) is 23.9. The fourth-order valence-corrected chi connectivity index (χ4v) is 6.97. The third-order valence-corrected chi connectivity index (χ3v) is 9.29. The summed E-state index contributed by atoms with van der Waals surface area (Å²) in [6.45, 7) is 10.9. The summed E-state index contributed by atoms with van der Waals surface area (Å²) >= 11 is 0. The number of hydrogen-bond donors (Lipinski definition) is 0. The number of aryl methyl sites for hydroxylation is 2. The Morgan fingerprint density at radius 1 is 0.800 bits per heavy atom. The first-order valence-corrected chi connectivity index (χ1v) is 11.9. The number of benzene rings is 2. The summed E-state index contributed by atoms with van der Waals surface area (Å²) in [4.78, 5) is 25.8. The molecule has 2 aromatic carbocycles. The molecular weight excluding hydrogens is 399 g/mol. The maximum Gasteiger partial charge on any atom is 0.321 e. The smallest absolute Gasteiger partial charge is 0.321 e. The minimum absolute atomic E-state index is 0.115. The van der Waals surface area contributed by atoms with Gasteiger partial charge in [-0.05, 0) is 27.7 Å². The van der Waals surface area contributed by atoms with Crippen LogP contribution in [0.2, 0.25) is 0 Å². The first-order chi connectivity index (χ1) is 14.1. The molecule has 30 heavy (non-hydrogen) atoms. The fourth-order valence-electron chi connectivity index (χ4n) is 3.63. The summed E-state index contributed by atoms with van der Waals surface area (Å²) in [7, 11) is -3.48. The zero-order valence-electron chi connectivity index (χ0n) is 18.6. The molecule has 0 aromatic heterocycles. The Balaban J connectivity index is 2.77. The van der Waals surface area contributed by atoms with Crippen LogP contribution in [0.5, 0.6) is 0 Å². The van der Waals surface area contributed by atoms with E-state index < -0.39 is 30.2 Å². The standard InChI is InChI=1S/C24H31O5P/c1-7-28-22(25)21(23(26)29-8-2)24(5,6)30(27,19-13-9-17(3)10-14-19)20-15-11-18(4)12-16-20/h9-16,21H,7-8H2,1-6H3. The van der Waals surface area contributed by atoms with Crippen LogP contribution in [0.15, 0.2) is 48.5 Å². The molecule has 0 N–H and O–H groups in total. The van der Waals surface area contributed by atoms with Gasteiger partial charge in [0, 0.05) is 10.6 Å². The summed E-state index contributed by atoms with van der Waals surface area (Å²) < 4.78 is 25.3. The van der Waals surface area contributed by atoms with Crippen LogP contribution in [0.3, 0.4) is 0 Å². The Labute approximate surface area is 179 Å². The molecule has 2 aromatic rings. The molecule has 0 amide bonds. The lowest BCUT2D eigenvalue weighted by Gasteiger charge is -2.39. The molecule has 0 fully saturated rings. The summed E-state index contributed by atoms with van der Waals surface area (Å²) in [6, 6.07) is 14.8. The highest BCUT2D eigenvalue weighted by Gasteiger charge is 2.55. The SMILES string of the molecule is CCOC(=O)C(C(=O)OCC)C(C)(C)P(=O)(c1ccc(C)cc1)c1ccc(C)cc1. The van der Waals surface area contributed by atoms with Gasteiger partial charge in [-0.2, -0.15) is 0 Å². The van der Waals surface area contributed by atoms with Gasteiger partial charge in [-0.1, -0.05) is 73.5 Å². The van der Waals surface area contributed by atoms with Crippen molar-refractivity contribution in [1.29, 1.82) is 0 Å². The molecule has 0 aliphatic carbocycles. The van der Waals surface area contributed by atoms with Crippen LogP contribution < -0.4 is 10.6 Å². The van der Waals surface area contributed by atoms with Gasteiger partial charge in [0.05, 0.1) is 18.4 Å². The van der Waals surface area contributed by atoms with Crippen molar-refractivity contribution in [1.82, 2.24) is 0 Å². The largest absolute Gasteiger partial charge is 0.465 e. The molecule has 0 unspecified atom stereocenters. The third-order valence-electron chi connectivity index (χ3n) is 5.36. The number of carbonyl (C=O) groups excluding carboxylic acids is 2. The Morgan fingerprint density at radius 3 is 1.43 bits per heavy atom. The number of ether oxygens (including phenoxy) is 2. The molecule has 6 heteroatoms. The second-order valence-electron chi connectivity index (χ2n) is 7.87. The maximum atomic E-state index is 14.9. The highest BCUT2D eigenvalue weighted by atomic mass is 31.2. The van der Waals surface area contributed by atoms with Crippen molar-refractivity contribution in [2.24, 2.45) is 5.92 Å². The Kier molecular flexibility index (Phi) is 7.65. The van der Waals surface area contributed by atoms with Crippen molar-refractivity contribution >= 4 is 29.7 Å². The zero-order valence-corrected chi connectivity index (χ0v) is 19.5. The average molecular weight is 430 g/mol. The van der Waals surface area contributed by atoms with E-state index >= 15 is 0 Å². The minimum atomic E-state index is -3.48. The predicted molar refractivity (Wildman–Crippen MR) is 120 cm³/mol. The molecule has 0 heterocycles. The van der Waals surface area contributed by atoms with Crippen LogP contribution in [-0.4, -0.2) is 30.3 Å². The normalized spacial score (nSPS) is 12.0. The Morgan fingerprint density at radius 2 is 1.13 bits per heavy atom. The van der Waals surface area contributed by atoms with Crippen molar-refractivity contribution in [3.63, 3.8) is 0 Å². The van der Waals surface area contributed by atoms with Crippen molar-refractivity contribution < 1.29 is 23.6 Å². The highest BCUT2D eigenvalue weighted by molar-refractivity contribution is 7.80. The minimum Gasteiger partial charge on any atom is -0.465 e. The molecular formula is C24H31O5P. The van der Waals surface area contributed by atoms with E-state index in [4.69, 9.17) is 9.47 Å². The summed E-state index contributed by atoms with van der Waals surface area (Å²) in [6.07, 6.45) is 0. The fraction of sp³-hybridized carbons (Fsp3) is 0.417. The van der Waals surface area contributed by atoms with Crippen LogP contribution in [0.1, 0.15) is 38.8 Å². The second-order valence-corrected chi connectivity index (χ2v) is 11.3. The van der Waals surface area contributed by atoms with E-state index in [2.05, 4.69) is 0 Å². The van der Waals surface area contributed by atoms with E-state index in [0.717, 1.165) is 11.1 Å². The van der Waals surface area contributed by atoms with E-state index in [1.54, 1.807) is 27.7 Å². The molecule has 0 spiro atoms. The molecule has 0 aliphatic rings. The lowest BCUT2D eigenvalue weighted by molar-refractivity contribution is -0.163. The monoisotopic (exact) mass is 430 g/mol. The predicted octanol–water partition coefficient (Wildman–Crippen LogP) is 4.14. The number of esters is 2. The summed E-state index contributed by atoms with van der Waals surface area (Å²) in [5.41, 5.74) is 2.05. The quantitative estimate of drug-likeness (QED) is 0.358. The molecule has 0 atom stereocenters. The van der Waals surface area contributed by atoms with Gasteiger partial charge in [0.25, 0.3) is 0 Å². The van der Waals surface area contributed by atoms with Crippen LogP contribution >= 0.6 is 7.14 Å². The topological polar surface area (TPSA) is 69.7 Å². The molecule has 5 nitrogen and oxygen atoms in total. The van der Waals surface area contributed by atoms with Crippen LogP contribution in [0.25, 0.3) is 0 Å². The van der Waals surface area contributed by atoms with Gasteiger partial charge in [0.2, 0.25) is 0 Å². The van der Waals surface area contributed by atoms with Gasteiger partial charge < -0.3 is 14.0 Å². The molecule has 0 aliphatic heterocycles. The van der Waals surface area contributed by atoms with E-state index in [-0.39, 0.29) is 13.2 Å². The van der Waals surface area contributed by atoms with Crippen molar-refractivity contribution in [2.45, 2.75) is 46.7 Å². The Bertz CT molecular complexity index is 862. The molecule has 0 bridgehead atoms. The molecule has 2 rings (SSSR count). The van der Waals surface area contributed by atoms with Crippen LogP contribution in [-0.2, 0) is 23.6 Å². The number of carbonyl (C=O) groups is 2. The summed E-state index contributed by atoms with van der Waals surface area (Å²) in [5.74, 6) is -2.77. The summed E-state index contributed by atoms with van der Waals surface area (Å²) in [5, 5.41) is -0.114. The third kappa shape index (κ3) is 4.52. The van der Waals surface area contributed by atoms with Gasteiger partial charge in [-0.15, -0.1) is 0 Å². The second kappa shape index (κ2) is 9.61. The van der Waals surface area contributed by atoms with Gasteiger partial charge in [-0.25, -0.2) is 0 Å². The average Bonchev–Trinajstić information content (AvgIpc) is 2.68. The van der Waals surface area contributed by atoms with Crippen molar-refractivity contribution in [2.75, 3.05) is 13.2 Å². The number of rotatable bonds is 8. The first-order valence-electron chi connectivity index (χ1n) is 10.2. The van der Waals surface area contributed by atoms with Crippen LogP contribution in [0, 0.1) is 19.8 Å². The molecule has 0 radical (unpaired) electrons. The van der Waals surface area contributed by atoms with Gasteiger partial charge >= 0.3 is 11.9 Å². The van der Waals surface area contributed by atoms with Gasteiger partial charge in [0.1, 0.15) is 7.14 Å². The van der Waals surface area contributed by atoms with E-state index in [1.807, 2.05) is 62.4 Å². The van der Waals surface area contributed by atoms with Crippen molar-refractivity contribution in [3.05, 3.63) is 59.7 Å². The van der Waals surface area contributed by atoms with E-state index in [0.29, 0.717) is 10.6 Å². The van der Waals surface area contributed by atoms with E-state index in [1.165, 1.54) is 0 Å². The maximum absolute atomic E-state index is 14.9. The van der Waals surface area contributed by atoms with Gasteiger partial charge in [0.15, 0.2) is 5.92 Å². The van der Waals surface area contributed by atoms with E-state index in [9.17, 15) is 14.2 Å². The zero-order chi connectivity index (χ0) is 22.5. The Hall–Kier alpha value is -2.39. The highest BCUT2D eigenvalue weighted by Crippen LogP contribution is 2.59. The van der Waals surface area contributed by atoms with Crippen LogP contribution in [0.4, 0.5) is 0 Å². The molecule has 0 saturated heterocycles. The lowest BCUT2D eigenvalue weighted by atomic mass is 9.95. The lowest BCUT2D eigenvalue weighted by Crippen LogP contribution is -2.48. The number of hydrogen-bond acceptors (Lipinski definition) is 5. The van der Waals surface area contributed by atoms with Crippen molar-refractivity contribution in [3.8, 4) is 0 Å². The molecule has 0 saturated carbocycles. The molecule has 162 valence electrons. The van der Waals surface area contributed by atoms with Gasteiger partial charge in [-0.3, -0.25) is 9.59 Å².